The topological polar surface area (TPSA) is 56.3 Å². The van der Waals surface area contributed by atoms with Gasteiger partial charge in [0.2, 0.25) is 0 Å². The zero-order valence-corrected chi connectivity index (χ0v) is 11.4. The molecule has 1 heterocycles. The maximum absolute atomic E-state index is 13.2. The summed E-state index contributed by atoms with van der Waals surface area (Å²) in [5.41, 5.74) is 0.213. The minimum absolute atomic E-state index is 0.0140. The number of nitrogens with zero attached hydrogens (tertiary/aromatic N) is 1. The zero-order valence-electron chi connectivity index (χ0n) is 9.07. The number of nitro groups is 1. The number of halogens is 4. The molecule has 0 bridgehead atoms. The predicted octanol–water partition coefficient (Wildman–Crippen LogP) is 4.60. The second kappa shape index (κ2) is 5.26. The minimum Gasteiger partial charge on any atom is -0.404 e. The van der Waals surface area contributed by atoms with Gasteiger partial charge in [0.1, 0.15) is 10.7 Å². The van der Waals surface area contributed by atoms with Crippen LogP contribution < -0.4 is 0 Å². The van der Waals surface area contributed by atoms with Crippen molar-refractivity contribution in [2.75, 3.05) is 0 Å². The Bertz CT molecular complexity index is 647. The molecular formula is C11H5BrClF2NO3. The first-order valence-corrected chi connectivity index (χ1v) is 6.22. The molecule has 0 saturated carbocycles. The lowest BCUT2D eigenvalue weighted by Gasteiger charge is -2.09. The van der Waals surface area contributed by atoms with Crippen molar-refractivity contribution in [2.45, 2.75) is 4.83 Å². The third-order valence-corrected chi connectivity index (χ3v) is 3.63. The van der Waals surface area contributed by atoms with Crippen molar-refractivity contribution >= 4 is 33.4 Å². The Morgan fingerprint density at radius 2 is 1.95 bits per heavy atom. The Morgan fingerprint density at radius 3 is 2.53 bits per heavy atom. The standard InChI is InChI=1S/C11H5BrClF2NO3/c12-11(9-1-2-10(19-9)16(17)18)5-3-7(14)8(15)4-6(5)13/h1-4,11H. The van der Waals surface area contributed by atoms with Gasteiger partial charge in [-0.2, -0.15) is 0 Å². The molecule has 0 radical (unpaired) electrons. The Hall–Kier alpha value is -1.47. The van der Waals surface area contributed by atoms with Crippen molar-refractivity contribution in [3.05, 3.63) is 62.4 Å². The summed E-state index contributed by atoms with van der Waals surface area (Å²) < 4.78 is 31.1. The average molecular weight is 353 g/mol. The highest BCUT2D eigenvalue weighted by atomic mass is 79.9. The highest BCUT2D eigenvalue weighted by Gasteiger charge is 2.22. The van der Waals surface area contributed by atoms with Crippen LogP contribution in [-0.4, -0.2) is 4.92 Å². The first-order chi connectivity index (χ1) is 8.90. The summed E-state index contributed by atoms with van der Waals surface area (Å²) in [6.07, 6.45) is 0. The van der Waals surface area contributed by atoms with Crippen LogP contribution in [0.15, 0.2) is 28.7 Å². The number of hydrogen-bond acceptors (Lipinski definition) is 3. The van der Waals surface area contributed by atoms with Crippen molar-refractivity contribution in [3.8, 4) is 0 Å². The van der Waals surface area contributed by atoms with Crippen LogP contribution in [0.4, 0.5) is 14.7 Å². The molecule has 1 aromatic carbocycles. The predicted molar refractivity (Wildman–Crippen MR) is 67.5 cm³/mol. The van der Waals surface area contributed by atoms with E-state index in [1.54, 1.807) is 0 Å². The number of benzene rings is 1. The van der Waals surface area contributed by atoms with E-state index in [1.165, 1.54) is 6.07 Å². The number of furan rings is 1. The van der Waals surface area contributed by atoms with Crippen molar-refractivity contribution < 1.29 is 18.1 Å². The fourth-order valence-corrected chi connectivity index (χ4v) is 2.48. The van der Waals surface area contributed by atoms with E-state index in [1.807, 2.05) is 0 Å². The molecule has 100 valence electrons. The Morgan fingerprint density at radius 1 is 1.32 bits per heavy atom. The number of hydrogen-bond donors (Lipinski definition) is 0. The summed E-state index contributed by atoms with van der Waals surface area (Å²) >= 11 is 8.98. The van der Waals surface area contributed by atoms with Gasteiger partial charge >= 0.3 is 5.88 Å². The highest BCUT2D eigenvalue weighted by molar-refractivity contribution is 9.09. The largest absolute Gasteiger partial charge is 0.433 e. The summed E-state index contributed by atoms with van der Waals surface area (Å²) in [5.74, 6) is -2.42. The van der Waals surface area contributed by atoms with E-state index in [9.17, 15) is 18.9 Å². The van der Waals surface area contributed by atoms with E-state index in [4.69, 9.17) is 16.0 Å². The van der Waals surface area contributed by atoms with E-state index in [0.717, 1.165) is 18.2 Å². The fourth-order valence-electron chi connectivity index (χ4n) is 1.46. The first-order valence-electron chi connectivity index (χ1n) is 4.92. The van der Waals surface area contributed by atoms with Crippen molar-refractivity contribution in [3.63, 3.8) is 0 Å². The van der Waals surface area contributed by atoms with E-state index < -0.39 is 27.3 Å². The Balaban J connectivity index is 2.40. The normalized spacial score (nSPS) is 12.4. The molecule has 1 unspecified atom stereocenters. The minimum atomic E-state index is -1.07. The average Bonchev–Trinajstić information content (AvgIpc) is 2.82. The molecule has 0 saturated heterocycles. The van der Waals surface area contributed by atoms with Gasteiger partial charge in [0.15, 0.2) is 11.6 Å². The van der Waals surface area contributed by atoms with Gasteiger partial charge in [-0.1, -0.05) is 27.5 Å². The number of alkyl halides is 1. The molecule has 0 aliphatic carbocycles. The van der Waals surface area contributed by atoms with Crippen LogP contribution in [0.1, 0.15) is 16.2 Å². The van der Waals surface area contributed by atoms with Crippen LogP contribution in [0.2, 0.25) is 5.02 Å². The van der Waals surface area contributed by atoms with Gasteiger partial charge in [0, 0.05) is 5.02 Å². The Kier molecular flexibility index (Phi) is 3.86. The van der Waals surface area contributed by atoms with Crippen molar-refractivity contribution in [2.24, 2.45) is 0 Å². The molecule has 1 atom stereocenters. The van der Waals surface area contributed by atoms with Crippen LogP contribution in [0.25, 0.3) is 0 Å². The molecule has 19 heavy (non-hydrogen) atoms. The molecule has 0 fully saturated rings. The maximum Gasteiger partial charge on any atom is 0.433 e. The molecule has 0 spiro atoms. The molecule has 1 aromatic heterocycles. The maximum atomic E-state index is 13.2. The molecular weight excluding hydrogens is 347 g/mol. The third-order valence-electron chi connectivity index (χ3n) is 2.35. The SMILES string of the molecule is O=[N+]([O-])c1ccc(C(Br)c2cc(F)c(F)cc2Cl)o1. The Labute approximate surface area is 119 Å². The smallest absolute Gasteiger partial charge is 0.404 e. The van der Waals surface area contributed by atoms with Crippen LogP contribution in [0.3, 0.4) is 0 Å². The first kappa shape index (κ1) is 14.0. The van der Waals surface area contributed by atoms with Crippen LogP contribution in [0.5, 0.6) is 0 Å². The summed E-state index contributed by atoms with van der Waals surface area (Å²) in [4.78, 5) is 9.08. The van der Waals surface area contributed by atoms with Gasteiger partial charge in [0.25, 0.3) is 0 Å². The van der Waals surface area contributed by atoms with Gasteiger partial charge in [-0.15, -0.1) is 0 Å². The van der Waals surface area contributed by atoms with Crippen LogP contribution in [-0.2, 0) is 0 Å². The van der Waals surface area contributed by atoms with E-state index in [0.29, 0.717) is 0 Å². The monoisotopic (exact) mass is 351 g/mol. The summed E-state index contributed by atoms with van der Waals surface area (Å²) in [6.45, 7) is 0. The van der Waals surface area contributed by atoms with E-state index in [-0.39, 0.29) is 16.3 Å². The molecule has 4 nitrogen and oxygen atoms in total. The van der Waals surface area contributed by atoms with Gasteiger partial charge in [-0.25, -0.2) is 8.78 Å². The molecule has 0 amide bonds. The van der Waals surface area contributed by atoms with Gasteiger partial charge in [-0.3, -0.25) is 10.1 Å². The fraction of sp³-hybridized carbons (Fsp3) is 0.0909. The third kappa shape index (κ3) is 2.76. The molecule has 2 rings (SSSR count). The quantitative estimate of drug-likeness (QED) is 0.351. The second-order valence-electron chi connectivity index (χ2n) is 3.58. The van der Waals surface area contributed by atoms with Crippen LogP contribution in [0, 0.1) is 21.7 Å². The summed E-state index contributed by atoms with van der Waals surface area (Å²) in [7, 11) is 0. The van der Waals surface area contributed by atoms with Gasteiger partial charge < -0.3 is 4.42 Å². The molecule has 2 aromatic rings. The van der Waals surface area contributed by atoms with Gasteiger partial charge in [0.05, 0.1) is 10.9 Å². The summed E-state index contributed by atoms with van der Waals surface area (Å²) in [5, 5.41) is 10.5. The lowest BCUT2D eigenvalue weighted by Crippen LogP contribution is -1.96. The lowest BCUT2D eigenvalue weighted by molar-refractivity contribution is -0.402. The molecule has 0 aliphatic heterocycles. The molecule has 8 heteroatoms. The zero-order chi connectivity index (χ0) is 14.2. The highest BCUT2D eigenvalue weighted by Crippen LogP contribution is 2.37. The summed E-state index contributed by atoms with van der Waals surface area (Å²) in [6, 6.07) is 4.26. The lowest BCUT2D eigenvalue weighted by atomic mass is 10.1. The van der Waals surface area contributed by atoms with Crippen LogP contribution >= 0.6 is 27.5 Å². The van der Waals surface area contributed by atoms with Crippen molar-refractivity contribution in [1.29, 1.82) is 0 Å². The second-order valence-corrected chi connectivity index (χ2v) is 4.91. The van der Waals surface area contributed by atoms with Crippen molar-refractivity contribution in [1.82, 2.24) is 0 Å². The van der Waals surface area contributed by atoms with E-state index in [2.05, 4.69) is 15.9 Å². The van der Waals surface area contributed by atoms with Gasteiger partial charge in [-0.05, 0) is 23.8 Å². The van der Waals surface area contributed by atoms with E-state index >= 15 is 0 Å². The number of rotatable bonds is 3. The molecule has 0 aliphatic rings. The molecule has 0 N–H and O–H groups in total.